The van der Waals surface area contributed by atoms with Crippen molar-refractivity contribution in [2.24, 2.45) is 0 Å². The lowest BCUT2D eigenvalue weighted by Gasteiger charge is -2.35. The van der Waals surface area contributed by atoms with Crippen molar-refractivity contribution < 1.29 is 14.4 Å². The molecule has 0 radical (unpaired) electrons. The van der Waals surface area contributed by atoms with Crippen molar-refractivity contribution in [1.29, 1.82) is 0 Å². The molecule has 0 aromatic heterocycles. The summed E-state index contributed by atoms with van der Waals surface area (Å²) in [6.07, 6.45) is 1.56. The highest BCUT2D eigenvalue weighted by molar-refractivity contribution is 5.86. The Kier molecular flexibility index (Phi) is 4.36. The highest BCUT2D eigenvalue weighted by Gasteiger charge is 2.30. The van der Waals surface area contributed by atoms with E-state index in [2.05, 4.69) is 16.0 Å². The van der Waals surface area contributed by atoms with E-state index in [1.165, 1.54) is 6.92 Å². The number of likely N-dealkylation sites (tertiary alicyclic amines) is 1. The number of hydrogen-bond acceptors (Lipinski definition) is 4. The van der Waals surface area contributed by atoms with Crippen molar-refractivity contribution in [1.82, 2.24) is 20.9 Å². The number of carbonyl (C=O) groups is 3. The van der Waals surface area contributed by atoms with E-state index in [0.29, 0.717) is 19.6 Å². The Morgan fingerprint density at radius 3 is 2.53 bits per heavy atom. The van der Waals surface area contributed by atoms with Crippen molar-refractivity contribution in [3.8, 4) is 0 Å². The third kappa shape index (κ3) is 3.66. The molecule has 106 valence electrons. The predicted octanol–water partition coefficient (Wildman–Crippen LogP) is -1.80. The summed E-state index contributed by atoms with van der Waals surface area (Å²) in [5, 5.41) is 8.49. The van der Waals surface area contributed by atoms with Crippen molar-refractivity contribution in [2.75, 3.05) is 26.2 Å². The van der Waals surface area contributed by atoms with E-state index in [-0.39, 0.29) is 36.3 Å². The van der Waals surface area contributed by atoms with Crippen LogP contribution in [-0.4, -0.2) is 60.9 Å². The highest BCUT2D eigenvalue weighted by Crippen LogP contribution is 2.11. The van der Waals surface area contributed by atoms with E-state index in [0.717, 1.165) is 12.8 Å². The van der Waals surface area contributed by atoms with Crippen LogP contribution in [-0.2, 0) is 14.4 Å². The van der Waals surface area contributed by atoms with Crippen molar-refractivity contribution in [2.45, 2.75) is 31.8 Å². The van der Waals surface area contributed by atoms with Gasteiger partial charge in [-0.05, 0) is 12.8 Å². The maximum Gasteiger partial charge on any atom is 0.241 e. The quantitative estimate of drug-likeness (QED) is 0.551. The van der Waals surface area contributed by atoms with E-state index in [1.807, 2.05) is 0 Å². The number of piperazine rings is 1. The van der Waals surface area contributed by atoms with Gasteiger partial charge < -0.3 is 15.5 Å². The van der Waals surface area contributed by atoms with Gasteiger partial charge >= 0.3 is 0 Å². The number of rotatable bonds is 2. The fourth-order valence-electron chi connectivity index (χ4n) is 2.49. The van der Waals surface area contributed by atoms with E-state index < -0.39 is 0 Å². The summed E-state index contributed by atoms with van der Waals surface area (Å²) in [6, 6.07) is -0.157. The molecule has 0 spiro atoms. The molecule has 0 saturated carbocycles. The molecule has 0 aromatic rings. The van der Waals surface area contributed by atoms with Crippen LogP contribution in [0.4, 0.5) is 0 Å². The number of carbonyl (C=O) groups excluding carboxylic acids is 3. The summed E-state index contributed by atoms with van der Waals surface area (Å²) in [5.74, 6) is -0.0730. The van der Waals surface area contributed by atoms with Crippen LogP contribution in [0.25, 0.3) is 0 Å². The van der Waals surface area contributed by atoms with Crippen LogP contribution in [0.5, 0.6) is 0 Å². The van der Waals surface area contributed by atoms with E-state index >= 15 is 0 Å². The van der Waals surface area contributed by atoms with Crippen molar-refractivity contribution in [3.63, 3.8) is 0 Å². The first kappa shape index (κ1) is 13.8. The number of amides is 3. The van der Waals surface area contributed by atoms with Crippen LogP contribution in [0.3, 0.4) is 0 Å². The number of piperidine rings is 1. The van der Waals surface area contributed by atoms with Gasteiger partial charge in [-0.3, -0.25) is 19.7 Å². The monoisotopic (exact) mass is 268 g/mol. The second-order valence-corrected chi connectivity index (χ2v) is 5.04. The third-order valence-electron chi connectivity index (χ3n) is 3.52. The smallest absolute Gasteiger partial charge is 0.241 e. The van der Waals surface area contributed by atoms with Crippen LogP contribution in [0, 0.1) is 0 Å². The summed E-state index contributed by atoms with van der Waals surface area (Å²) in [5.41, 5.74) is 0. The first-order chi connectivity index (χ1) is 9.06. The fraction of sp³-hybridized carbons (Fsp3) is 0.750. The van der Waals surface area contributed by atoms with Crippen molar-refractivity contribution >= 4 is 17.7 Å². The predicted molar refractivity (Wildman–Crippen MR) is 68.2 cm³/mol. The van der Waals surface area contributed by atoms with Gasteiger partial charge in [0, 0.05) is 32.6 Å². The number of nitrogens with zero attached hydrogens (tertiary/aromatic N) is 1. The molecule has 19 heavy (non-hydrogen) atoms. The minimum Gasteiger partial charge on any atom is -0.353 e. The topological polar surface area (TPSA) is 90.5 Å². The maximum atomic E-state index is 12.2. The Morgan fingerprint density at radius 1 is 1.32 bits per heavy atom. The van der Waals surface area contributed by atoms with Crippen LogP contribution in [0.15, 0.2) is 0 Å². The van der Waals surface area contributed by atoms with Crippen LogP contribution < -0.4 is 16.0 Å². The largest absolute Gasteiger partial charge is 0.353 e. The summed E-state index contributed by atoms with van der Waals surface area (Å²) in [7, 11) is 0. The zero-order valence-corrected chi connectivity index (χ0v) is 11.1. The molecule has 1 unspecified atom stereocenters. The van der Waals surface area contributed by atoms with Gasteiger partial charge in [-0.15, -0.1) is 0 Å². The van der Waals surface area contributed by atoms with E-state index in [1.54, 1.807) is 4.90 Å². The lowest BCUT2D eigenvalue weighted by Crippen LogP contribution is -2.60. The van der Waals surface area contributed by atoms with Gasteiger partial charge in [0.2, 0.25) is 17.7 Å². The first-order valence-corrected chi connectivity index (χ1v) is 6.62. The third-order valence-corrected chi connectivity index (χ3v) is 3.52. The molecule has 2 rings (SSSR count). The van der Waals surface area contributed by atoms with Gasteiger partial charge in [-0.2, -0.15) is 0 Å². The molecule has 2 aliphatic rings. The van der Waals surface area contributed by atoms with Gasteiger partial charge in [0.15, 0.2) is 0 Å². The fourth-order valence-corrected chi connectivity index (χ4v) is 2.49. The molecule has 7 nitrogen and oxygen atoms in total. The molecule has 0 bridgehead atoms. The Morgan fingerprint density at radius 2 is 2.00 bits per heavy atom. The first-order valence-electron chi connectivity index (χ1n) is 6.62. The average molecular weight is 268 g/mol. The van der Waals surface area contributed by atoms with Gasteiger partial charge in [0.1, 0.15) is 6.04 Å². The van der Waals surface area contributed by atoms with Crippen LogP contribution >= 0.6 is 0 Å². The molecule has 3 N–H and O–H groups in total. The summed E-state index contributed by atoms with van der Waals surface area (Å²) < 4.78 is 0. The minimum atomic E-state index is -0.324. The van der Waals surface area contributed by atoms with E-state index in [4.69, 9.17) is 0 Å². The number of hydrogen-bond donors (Lipinski definition) is 3. The SMILES string of the molecule is CC(=O)NC1CCN(C(=O)C2CNC(=O)CN2)CC1. The molecule has 0 aliphatic carbocycles. The number of nitrogens with one attached hydrogen (secondary N) is 3. The summed E-state index contributed by atoms with van der Waals surface area (Å²) >= 11 is 0. The van der Waals surface area contributed by atoms with Crippen LogP contribution in [0.2, 0.25) is 0 Å². The van der Waals surface area contributed by atoms with E-state index in [9.17, 15) is 14.4 Å². The molecular formula is C12H20N4O3. The molecule has 7 heteroatoms. The summed E-state index contributed by atoms with van der Waals surface area (Å²) in [4.78, 5) is 36.0. The second-order valence-electron chi connectivity index (χ2n) is 5.04. The molecule has 1 atom stereocenters. The molecule has 2 saturated heterocycles. The Labute approximate surface area is 112 Å². The highest BCUT2D eigenvalue weighted by atomic mass is 16.2. The lowest BCUT2D eigenvalue weighted by atomic mass is 10.0. The molecule has 0 aromatic carbocycles. The minimum absolute atomic E-state index is 0.0264. The van der Waals surface area contributed by atoms with Crippen molar-refractivity contribution in [3.05, 3.63) is 0 Å². The normalized spacial score (nSPS) is 24.8. The molecule has 3 amide bonds. The second kappa shape index (κ2) is 6.01. The maximum absolute atomic E-state index is 12.2. The Balaban J connectivity index is 1.79. The molecule has 2 fully saturated rings. The molecule has 2 heterocycles. The molecule has 2 aliphatic heterocycles. The average Bonchev–Trinajstić information content (AvgIpc) is 2.39. The van der Waals surface area contributed by atoms with Gasteiger partial charge in [0.25, 0.3) is 0 Å². The van der Waals surface area contributed by atoms with Gasteiger partial charge in [-0.1, -0.05) is 0 Å². The summed E-state index contributed by atoms with van der Waals surface area (Å²) in [6.45, 7) is 3.35. The zero-order valence-electron chi connectivity index (χ0n) is 11.1. The Bertz CT molecular complexity index is 367. The van der Waals surface area contributed by atoms with Crippen LogP contribution in [0.1, 0.15) is 19.8 Å². The lowest BCUT2D eigenvalue weighted by molar-refractivity contribution is -0.135. The Hall–Kier alpha value is -1.63. The van der Waals surface area contributed by atoms with Gasteiger partial charge in [-0.25, -0.2) is 0 Å². The standard InChI is InChI=1S/C12H20N4O3/c1-8(17)15-9-2-4-16(5-3-9)12(19)10-6-14-11(18)7-13-10/h9-10,13H,2-7H2,1H3,(H,14,18)(H,15,17). The molecular weight excluding hydrogens is 248 g/mol. The van der Waals surface area contributed by atoms with Gasteiger partial charge in [0.05, 0.1) is 6.54 Å². The zero-order chi connectivity index (χ0) is 13.8.